The molecule has 223 valence electrons. The summed E-state index contributed by atoms with van der Waals surface area (Å²) in [6, 6.07) is 48.6. The standard InChI is InChI=1S/C30H18NO2.C11H8N.Ir/c1-18-26(20-15-16-31-23(17-20)19-9-3-2-4-10-19)30-28(22-12-6-8-14-25(22)33-30)27-21-11-5-7-13-24(21)32-29(18)27;1-2-6-10(7-3-1)11-8-4-5-9-12-11;/h2-9,11-17H,1H3;1-6,8-9H;/q2*-1;. The Labute approximate surface area is 279 Å². The van der Waals surface area contributed by atoms with E-state index in [-0.39, 0.29) is 20.1 Å². The van der Waals surface area contributed by atoms with Crippen LogP contribution in [0.2, 0.25) is 0 Å². The summed E-state index contributed by atoms with van der Waals surface area (Å²) in [5.41, 5.74) is 10.5. The van der Waals surface area contributed by atoms with Crippen LogP contribution in [0.25, 0.3) is 77.5 Å². The molecule has 0 saturated heterocycles. The molecule has 9 aromatic rings. The van der Waals surface area contributed by atoms with Crippen LogP contribution in [-0.4, -0.2) is 9.97 Å². The molecule has 5 aromatic carbocycles. The average Bonchev–Trinajstić information content (AvgIpc) is 3.69. The number of fused-ring (bicyclic) bond motifs is 7. The van der Waals surface area contributed by atoms with Gasteiger partial charge in [-0.15, -0.1) is 71.8 Å². The SMILES string of the molecule is Cc1c(-c2ccnc(-c3[c-]cccc3)c2)c2oc3ccccc3c2c2c1oc1ccccc12.[Ir].[c-]1ccccc1-c1ccccn1. The third-order valence-electron chi connectivity index (χ3n) is 8.07. The van der Waals surface area contributed by atoms with Crippen LogP contribution in [0.3, 0.4) is 0 Å². The number of hydrogen-bond acceptors (Lipinski definition) is 4. The molecule has 0 amide bonds. The molecule has 0 aliphatic heterocycles. The van der Waals surface area contributed by atoms with E-state index < -0.39 is 0 Å². The van der Waals surface area contributed by atoms with Gasteiger partial charge in [0.25, 0.3) is 0 Å². The number of aryl methyl sites for hydroxylation is 1. The zero-order valence-corrected chi connectivity index (χ0v) is 27.2. The first-order valence-corrected chi connectivity index (χ1v) is 14.8. The largest absolute Gasteiger partial charge is 0.456 e. The van der Waals surface area contributed by atoms with Crippen molar-refractivity contribution in [2.75, 3.05) is 0 Å². The normalized spacial score (nSPS) is 11.0. The molecule has 0 N–H and O–H groups in total. The fourth-order valence-corrected chi connectivity index (χ4v) is 6.02. The van der Waals surface area contributed by atoms with Gasteiger partial charge < -0.3 is 18.8 Å². The maximum atomic E-state index is 6.52. The maximum Gasteiger partial charge on any atom is 0.144 e. The number of pyridine rings is 2. The van der Waals surface area contributed by atoms with Crippen LogP contribution >= 0.6 is 0 Å². The van der Waals surface area contributed by atoms with Gasteiger partial charge in [0.05, 0.1) is 0 Å². The van der Waals surface area contributed by atoms with E-state index in [9.17, 15) is 0 Å². The second-order valence-electron chi connectivity index (χ2n) is 10.8. The Hall–Kier alpha value is -5.35. The van der Waals surface area contributed by atoms with E-state index in [1.807, 2.05) is 103 Å². The first-order chi connectivity index (χ1) is 22.3. The third kappa shape index (κ3) is 5.20. The predicted octanol–water partition coefficient (Wildman–Crippen LogP) is 10.9. The van der Waals surface area contributed by atoms with Gasteiger partial charge in [0.1, 0.15) is 22.3 Å². The predicted molar refractivity (Wildman–Crippen MR) is 182 cm³/mol. The van der Waals surface area contributed by atoms with Gasteiger partial charge >= 0.3 is 0 Å². The third-order valence-corrected chi connectivity index (χ3v) is 8.07. The van der Waals surface area contributed by atoms with Gasteiger partial charge in [-0.3, -0.25) is 0 Å². The summed E-state index contributed by atoms with van der Waals surface area (Å²) in [6.07, 6.45) is 3.64. The van der Waals surface area contributed by atoms with Crippen molar-refractivity contribution < 1.29 is 28.9 Å². The number of rotatable bonds is 3. The molecule has 1 radical (unpaired) electrons. The monoisotopic (exact) mass is 771 g/mol. The van der Waals surface area contributed by atoms with E-state index in [2.05, 4.69) is 59.4 Å². The topological polar surface area (TPSA) is 52.1 Å². The summed E-state index contributed by atoms with van der Waals surface area (Å²) in [5, 5.41) is 4.40. The first kappa shape index (κ1) is 29.4. The van der Waals surface area contributed by atoms with Crippen LogP contribution in [0.15, 0.2) is 149 Å². The minimum absolute atomic E-state index is 0. The first-order valence-electron chi connectivity index (χ1n) is 14.8. The van der Waals surface area contributed by atoms with Crippen molar-refractivity contribution in [1.82, 2.24) is 9.97 Å². The molecule has 4 aromatic heterocycles. The van der Waals surface area contributed by atoms with Gasteiger partial charge in [-0.1, -0.05) is 54.6 Å². The average molecular weight is 771 g/mol. The fourth-order valence-electron chi connectivity index (χ4n) is 6.02. The van der Waals surface area contributed by atoms with Crippen LogP contribution in [0.1, 0.15) is 5.56 Å². The zero-order valence-electron chi connectivity index (χ0n) is 24.8. The summed E-state index contributed by atoms with van der Waals surface area (Å²) >= 11 is 0. The molecular formula is C41H26IrN2O2-2. The Morgan fingerprint density at radius 3 is 1.74 bits per heavy atom. The van der Waals surface area contributed by atoms with Crippen molar-refractivity contribution >= 4 is 43.9 Å². The van der Waals surface area contributed by atoms with Gasteiger partial charge in [-0.25, -0.2) is 0 Å². The Balaban J connectivity index is 0.000000220. The summed E-state index contributed by atoms with van der Waals surface area (Å²) < 4.78 is 12.9. The van der Waals surface area contributed by atoms with E-state index in [4.69, 9.17) is 8.83 Å². The van der Waals surface area contributed by atoms with Crippen molar-refractivity contribution in [1.29, 1.82) is 0 Å². The van der Waals surface area contributed by atoms with Gasteiger partial charge in [-0.05, 0) is 48.1 Å². The number of nitrogens with zero attached hydrogens (tertiary/aromatic N) is 2. The Bertz CT molecular complexity index is 2400. The molecule has 9 rings (SSSR count). The van der Waals surface area contributed by atoms with E-state index >= 15 is 0 Å². The fraction of sp³-hybridized carbons (Fsp3) is 0.0244. The Kier molecular flexibility index (Phi) is 8.02. The number of para-hydroxylation sites is 2. The van der Waals surface area contributed by atoms with E-state index in [1.165, 1.54) is 0 Å². The summed E-state index contributed by atoms with van der Waals surface area (Å²) in [6.45, 7) is 2.11. The van der Waals surface area contributed by atoms with Crippen molar-refractivity contribution in [2.45, 2.75) is 6.92 Å². The molecule has 0 aliphatic rings. The van der Waals surface area contributed by atoms with Gasteiger partial charge in [0.2, 0.25) is 0 Å². The smallest absolute Gasteiger partial charge is 0.144 e. The van der Waals surface area contributed by atoms with Crippen molar-refractivity contribution in [2.24, 2.45) is 0 Å². The Morgan fingerprint density at radius 1 is 0.543 bits per heavy atom. The van der Waals surface area contributed by atoms with Crippen LogP contribution in [0.5, 0.6) is 0 Å². The van der Waals surface area contributed by atoms with Gasteiger partial charge in [0, 0.05) is 65.2 Å². The van der Waals surface area contributed by atoms with E-state index in [1.54, 1.807) is 6.20 Å². The number of benzene rings is 5. The quantitative estimate of drug-likeness (QED) is 0.168. The van der Waals surface area contributed by atoms with E-state index in [0.717, 1.165) is 83.1 Å². The molecule has 0 bridgehead atoms. The summed E-state index contributed by atoms with van der Waals surface area (Å²) in [4.78, 5) is 8.82. The summed E-state index contributed by atoms with van der Waals surface area (Å²) in [5.74, 6) is 0. The van der Waals surface area contributed by atoms with Crippen molar-refractivity contribution in [3.63, 3.8) is 0 Å². The van der Waals surface area contributed by atoms with Crippen molar-refractivity contribution in [3.05, 3.63) is 157 Å². The zero-order chi connectivity index (χ0) is 30.2. The Morgan fingerprint density at radius 2 is 1.11 bits per heavy atom. The molecule has 4 nitrogen and oxygen atoms in total. The van der Waals surface area contributed by atoms with E-state index in [0.29, 0.717) is 0 Å². The molecule has 0 unspecified atom stereocenters. The van der Waals surface area contributed by atoms with Gasteiger partial charge in [-0.2, -0.15) is 0 Å². The van der Waals surface area contributed by atoms with Gasteiger partial charge in [0.15, 0.2) is 0 Å². The van der Waals surface area contributed by atoms with Crippen molar-refractivity contribution in [3.8, 4) is 33.6 Å². The summed E-state index contributed by atoms with van der Waals surface area (Å²) in [7, 11) is 0. The molecule has 0 saturated carbocycles. The van der Waals surface area contributed by atoms with Crippen LogP contribution in [0, 0.1) is 19.1 Å². The minimum atomic E-state index is 0. The molecule has 0 spiro atoms. The second kappa shape index (κ2) is 12.6. The molecule has 0 fully saturated rings. The molecule has 46 heavy (non-hydrogen) atoms. The van der Waals surface area contributed by atoms with Crippen LogP contribution < -0.4 is 0 Å². The maximum absolute atomic E-state index is 6.52. The number of furan rings is 2. The van der Waals surface area contributed by atoms with Crippen LogP contribution in [-0.2, 0) is 20.1 Å². The van der Waals surface area contributed by atoms with Crippen LogP contribution in [0.4, 0.5) is 0 Å². The minimum Gasteiger partial charge on any atom is -0.456 e. The molecule has 4 heterocycles. The second-order valence-corrected chi connectivity index (χ2v) is 10.8. The number of hydrogen-bond donors (Lipinski definition) is 0. The molecule has 0 aliphatic carbocycles. The molecule has 5 heteroatoms. The number of aromatic nitrogens is 2. The molecular weight excluding hydrogens is 745 g/mol. The molecule has 0 atom stereocenters.